The quantitative estimate of drug-likeness (QED) is 0.126. The molecular formula is C21H41N3O8S3. The zero-order chi connectivity index (χ0) is 26.0. The van der Waals surface area contributed by atoms with Crippen LogP contribution in [-0.4, -0.2) is 115 Å². The fourth-order valence-electron chi connectivity index (χ4n) is 2.40. The SMILES string of the molecule is COCCOC(=O)NCCCCC(NC(=O)OCCOC)C(=O)NCCSSCCOCCSC. The Bertz CT molecular complexity index is 550. The highest BCUT2D eigenvalue weighted by Crippen LogP contribution is 2.19. The zero-order valence-corrected chi connectivity index (χ0v) is 23.4. The van der Waals surface area contributed by atoms with E-state index in [4.69, 9.17) is 23.7 Å². The molecule has 0 aliphatic heterocycles. The van der Waals surface area contributed by atoms with Crippen LogP contribution in [0, 0.1) is 0 Å². The van der Waals surface area contributed by atoms with Crippen molar-refractivity contribution in [3.8, 4) is 0 Å². The first-order chi connectivity index (χ1) is 17.0. The molecule has 0 aromatic heterocycles. The lowest BCUT2D eigenvalue weighted by Crippen LogP contribution is -2.47. The van der Waals surface area contributed by atoms with Crippen molar-refractivity contribution in [1.82, 2.24) is 16.0 Å². The maximum Gasteiger partial charge on any atom is 0.407 e. The Balaban J connectivity index is 4.22. The summed E-state index contributed by atoms with van der Waals surface area (Å²) < 4.78 is 25.1. The third-order valence-electron chi connectivity index (χ3n) is 4.15. The van der Waals surface area contributed by atoms with E-state index in [-0.39, 0.29) is 25.7 Å². The lowest BCUT2D eigenvalue weighted by Gasteiger charge is -2.18. The van der Waals surface area contributed by atoms with Gasteiger partial charge in [0, 0.05) is 44.6 Å². The van der Waals surface area contributed by atoms with Gasteiger partial charge in [0.25, 0.3) is 0 Å². The standard InChI is InChI=1S/C21H41N3O8S3/c1-28-9-11-31-20(26)23-7-5-4-6-18(24-21(27)32-12-10-29-2)19(25)22-8-15-34-35-17-14-30-13-16-33-3/h18H,4-17H2,1-3H3,(H,22,25)(H,23,26)(H,24,27). The first-order valence-corrected chi connectivity index (χ1v) is 15.3. The Kier molecular flexibility index (Phi) is 25.2. The number of carbonyl (C=O) groups excluding carboxylic acids is 3. The number of hydrogen-bond acceptors (Lipinski definition) is 11. The average molecular weight is 560 g/mol. The summed E-state index contributed by atoms with van der Waals surface area (Å²) in [5, 5.41) is 8.10. The molecule has 0 radical (unpaired) electrons. The Labute approximate surface area is 221 Å². The summed E-state index contributed by atoms with van der Waals surface area (Å²) in [4.78, 5) is 36.1. The van der Waals surface area contributed by atoms with Gasteiger partial charge >= 0.3 is 12.2 Å². The molecule has 0 fully saturated rings. The van der Waals surface area contributed by atoms with Crippen LogP contribution < -0.4 is 16.0 Å². The van der Waals surface area contributed by atoms with Crippen molar-refractivity contribution in [2.24, 2.45) is 0 Å². The summed E-state index contributed by atoms with van der Waals surface area (Å²) >= 11 is 1.76. The minimum absolute atomic E-state index is 0.0979. The van der Waals surface area contributed by atoms with Crippen LogP contribution in [0.2, 0.25) is 0 Å². The minimum atomic E-state index is -0.735. The molecular weight excluding hydrogens is 518 g/mol. The molecule has 0 aliphatic carbocycles. The highest BCUT2D eigenvalue weighted by atomic mass is 33.1. The van der Waals surface area contributed by atoms with Gasteiger partial charge in [0.1, 0.15) is 19.3 Å². The number of methoxy groups -OCH3 is 2. The van der Waals surface area contributed by atoms with Gasteiger partial charge in [-0.25, -0.2) is 9.59 Å². The molecule has 0 aliphatic rings. The normalized spacial score (nSPS) is 11.5. The van der Waals surface area contributed by atoms with Crippen molar-refractivity contribution in [1.29, 1.82) is 0 Å². The molecule has 0 rings (SSSR count). The summed E-state index contributed by atoms with van der Waals surface area (Å²) in [7, 11) is 6.40. The molecule has 206 valence electrons. The van der Waals surface area contributed by atoms with Gasteiger partial charge in [-0.1, -0.05) is 21.6 Å². The Morgan fingerprint density at radius 1 is 0.743 bits per heavy atom. The van der Waals surface area contributed by atoms with Gasteiger partial charge in [-0.3, -0.25) is 4.79 Å². The number of carbonyl (C=O) groups is 3. The van der Waals surface area contributed by atoms with Crippen LogP contribution in [-0.2, 0) is 28.5 Å². The van der Waals surface area contributed by atoms with E-state index in [9.17, 15) is 14.4 Å². The second-order valence-electron chi connectivity index (χ2n) is 6.92. The number of hydrogen-bond donors (Lipinski definition) is 3. The van der Waals surface area contributed by atoms with Gasteiger partial charge in [-0.2, -0.15) is 11.8 Å². The van der Waals surface area contributed by atoms with E-state index in [1.165, 1.54) is 14.2 Å². The topological polar surface area (TPSA) is 133 Å². The molecule has 14 heteroatoms. The molecule has 35 heavy (non-hydrogen) atoms. The maximum atomic E-state index is 12.6. The van der Waals surface area contributed by atoms with Gasteiger partial charge in [0.15, 0.2) is 0 Å². The summed E-state index contributed by atoms with van der Waals surface area (Å²) in [5.41, 5.74) is 0. The highest BCUT2D eigenvalue weighted by Gasteiger charge is 2.21. The highest BCUT2D eigenvalue weighted by molar-refractivity contribution is 8.76. The Hall–Kier alpha value is -1.06. The number of thioether (sulfide) groups is 1. The van der Waals surface area contributed by atoms with Gasteiger partial charge < -0.3 is 39.6 Å². The van der Waals surface area contributed by atoms with Crippen molar-refractivity contribution in [3.05, 3.63) is 0 Å². The molecule has 3 amide bonds. The van der Waals surface area contributed by atoms with E-state index in [2.05, 4.69) is 22.2 Å². The fourth-order valence-corrected chi connectivity index (χ4v) is 4.45. The van der Waals surface area contributed by atoms with Gasteiger partial charge in [-0.05, 0) is 25.5 Å². The molecule has 0 aromatic carbocycles. The summed E-state index contributed by atoms with van der Waals surface area (Å²) in [6.07, 6.45) is 2.49. The molecule has 0 spiro atoms. The van der Waals surface area contributed by atoms with Crippen molar-refractivity contribution in [3.63, 3.8) is 0 Å². The number of nitrogens with one attached hydrogen (secondary N) is 3. The monoisotopic (exact) mass is 559 g/mol. The summed E-state index contributed by atoms with van der Waals surface area (Å²) in [6, 6.07) is -0.735. The number of ether oxygens (including phenoxy) is 5. The van der Waals surface area contributed by atoms with Crippen LogP contribution in [0.5, 0.6) is 0 Å². The number of unbranched alkanes of at least 4 members (excludes halogenated alkanes) is 1. The molecule has 11 nitrogen and oxygen atoms in total. The Morgan fingerprint density at radius 2 is 1.40 bits per heavy atom. The van der Waals surface area contributed by atoms with E-state index in [0.29, 0.717) is 45.6 Å². The minimum Gasteiger partial charge on any atom is -0.447 e. The first-order valence-electron chi connectivity index (χ1n) is 11.5. The number of amides is 3. The predicted molar refractivity (Wildman–Crippen MR) is 142 cm³/mol. The van der Waals surface area contributed by atoms with Gasteiger partial charge in [0.2, 0.25) is 5.91 Å². The molecule has 3 N–H and O–H groups in total. The fraction of sp³-hybridized carbons (Fsp3) is 0.857. The van der Waals surface area contributed by atoms with Crippen LogP contribution >= 0.6 is 33.3 Å². The van der Waals surface area contributed by atoms with Gasteiger partial charge in [-0.15, -0.1) is 0 Å². The van der Waals surface area contributed by atoms with E-state index >= 15 is 0 Å². The van der Waals surface area contributed by atoms with Crippen molar-refractivity contribution < 1.29 is 38.1 Å². The summed E-state index contributed by atoms with van der Waals surface area (Å²) in [5.74, 6) is 2.35. The maximum absolute atomic E-state index is 12.6. The number of rotatable bonds is 23. The predicted octanol–water partition coefficient (Wildman–Crippen LogP) is 2.15. The molecule has 0 aromatic rings. The lowest BCUT2D eigenvalue weighted by atomic mass is 10.1. The van der Waals surface area contributed by atoms with Gasteiger partial charge in [0.05, 0.1) is 26.4 Å². The molecule has 0 saturated carbocycles. The van der Waals surface area contributed by atoms with Crippen LogP contribution in [0.15, 0.2) is 0 Å². The van der Waals surface area contributed by atoms with Crippen LogP contribution in [0.4, 0.5) is 9.59 Å². The third kappa shape index (κ3) is 23.1. The second kappa shape index (κ2) is 26.0. The van der Waals surface area contributed by atoms with E-state index < -0.39 is 18.2 Å². The number of alkyl carbamates (subject to hydrolysis) is 2. The van der Waals surface area contributed by atoms with E-state index in [0.717, 1.165) is 23.9 Å². The largest absolute Gasteiger partial charge is 0.447 e. The Morgan fingerprint density at radius 3 is 2.09 bits per heavy atom. The van der Waals surface area contributed by atoms with Crippen LogP contribution in [0.1, 0.15) is 19.3 Å². The van der Waals surface area contributed by atoms with Crippen LogP contribution in [0.3, 0.4) is 0 Å². The van der Waals surface area contributed by atoms with E-state index in [1.807, 2.05) is 0 Å². The van der Waals surface area contributed by atoms with Crippen LogP contribution in [0.25, 0.3) is 0 Å². The smallest absolute Gasteiger partial charge is 0.407 e. The van der Waals surface area contributed by atoms with Crippen molar-refractivity contribution in [2.75, 3.05) is 90.5 Å². The molecule has 0 bridgehead atoms. The molecule has 0 saturated heterocycles. The summed E-state index contributed by atoms with van der Waals surface area (Å²) in [6.45, 7) is 3.24. The molecule has 1 atom stereocenters. The molecule has 0 heterocycles. The van der Waals surface area contributed by atoms with E-state index in [1.54, 1.807) is 33.3 Å². The second-order valence-corrected chi connectivity index (χ2v) is 10.6. The zero-order valence-electron chi connectivity index (χ0n) is 21.0. The molecule has 1 unspecified atom stereocenters. The third-order valence-corrected chi connectivity index (χ3v) is 7.10. The van der Waals surface area contributed by atoms with Crippen molar-refractivity contribution in [2.45, 2.75) is 25.3 Å². The average Bonchev–Trinajstić information content (AvgIpc) is 2.84. The van der Waals surface area contributed by atoms with Crippen molar-refractivity contribution >= 4 is 51.4 Å². The first kappa shape index (κ1) is 33.9. The lowest BCUT2D eigenvalue weighted by molar-refractivity contribution is -0.123.